The Labute approximate surface area is 70.0 Å². The molecule has 2 rings (SSSR count). The van der Waals surface area contributed by atoms with E-state index in [0.717, 1.165) is 22.3 Å². The third-order valence-electron chi connectivity index (χ3n) is 1.97. The average Bonchev–Trinajstić information content (AvgIpc) is 2.39. The zero-order valence-corrected chi connectivity index (χ0v) is 7.07. The lowest BCUT2D eigenvalue weighted by Gasteiger charge is -1.97. The number of anilines is 1. The molecule has 0 saturated heterocycles. The molecule has 2 aromatic rings. The fourth-order valence-electron chi connectivity index (χ4n) is 1.22. The second kappa shape index (κ2) is 2.20. The van der Waals surface area contributed by atoms with Crippen LogP contribution in [0.15, 0.2) is 12.4 Å². The third-order valence-corrected chi connectivity index (χ3v) is 1.97. The van der Waals surface area contributed by atoms with E-state index in [1.165, 1.54) is 0 Å². The topological polar surface area (TPSA) is 56.7 Å². The molecular weight excluding hydrogens is 152 g/mol. The van der Waals surface area contributed by atoms with Crippen LogP contribution < -0.4 is 5.73 Å². The van der Waals surface area contributed by atoms with Gasteiger partial charge in [-0.05, 0) is 12.5 Å². The SMILES string of the molecule is Cc1c(N)cnc2nn(C)cc12. The first-order valence-electron chi connectivity index (χ1n) is 3.73. The Morgan fingerprint density at radius 1 is 1.50 bits per heavy atom. The lowest BCUT2D eigenvalue weighted by atomic mass is 10.2. The minimum Gasteiger partial charge on any atom is -0.397 e. The van der Waals surface area contributed by atoms with Crippen molar-refractivity contribution in [2.24, 2.45) is 7.05 Å². The molecule has 0 spiro atoms. The van der Waals surface area contributed by atoms with Gasteiger partial charge in [0.05, 0.1) is 11.9 Å². The summed E-state index contributed by atoms with van der Waals surface area (Å²) in [5.74, 6) is 0. The van der Waals surface area contributed by atoms with Crippen molar-refractivity contribution in [1.29, 1.82) is 0 Å². The van der Waals surface area contributed by atoms with Crippen LogP contribution in [0.4, 0.5) is 5.69 Å². The molecule has 2 heterocycles. The van der Waals surface area contributed by atoms with Crippen LogP contribution in [0.5, 0.6) is 0 Å². The fourth-order valence-corrected chi connectivity index (χ4v) is 1.22. The number of aryl methyl sites for hydroxylation is 2. The molecule has 2 N–H and O–H groups in total. The predicted octanol–water partition coefficient (Wildman–Crippen LogP) is 0.859. The molecule has 0 aliphatic heterocycles. The Morgan fingerprint density at radius 3 is 3.00 bits per heavy atom. The predicted molar refractivity (Wildman–Crippen MR) is 47.7 cm³/mol. The number of hydrogen-bond acceptors (Lipinski definition) is 3. The summed E-state index contributed by atoms with van der Waals surface area (Å²) >= 11 is 0. The molecule has 0 saturated carbocycles. The second-order valence-electron chi connectivity index (χ2n) is 2.88. The second-order valence-corrected chi connectivity index (χ2v) is 2.88. The summed E-state index contributed by atoms with van der Waals surface area (Å²) in [6.45, 7) is 1.97. The fraction of sp³-hybridized carbons (Fsp3) is 0.250. The first kappa shape index (κ1) is 7.09. The highest BCUT2D eigenvalue weighted by molar-refractivity contribution is 5.82. The molecule has 62 valence electrons. The van der Waals surface area contributed by atoms with Gasteiger partial charge in [0.25, 0.3) is 0 Å². The maximum Gasteiger partial charge on any atom is 0.181 e. The van der Waals surface area contributed by atoms with Crippen LogP contribution in [-0.2, 0) is 7.05 Å². The number of rotatable bonds is 0. The molecular formula is C8H10N4. The normalized spacial score (nSPS) is 10.8. The van der Waals surface area contributed by atoms with Gasteiger partial charge >= 0.3 is 0 Å². The molecule has 0 unspecified atom stereocenters. The van der Waals surface area contributed by atoms with Crippen molar-refractivity contribution in [3.05, 3.63) is 18.0 Å². The molecule has 4 nitrogen and oxygen atoms in total. The van der Waals surface area contributed by atoms with Gasteiger partial charge in [-0.15, -0.1) is 0 Å². The van der Waals surface area contributed by atoms with Gasteiger partial charge in [0, 0.05) is 18.6 Å². The number of nitrogen functional groups attached to an aromatic ring is 1. The first-order valence-corrected chi connectivity index (χ1v) is 3.73. The standard InChI is InChI=1S/C8H10N4/c1-5-6-4-12(2)11-8(6)10-3-7(5)9/h3-4H,9H2,1-2H3. The van der Waals surface area contributed by atoms with E-state index in [-0.39, 0.29) is 0 Å². The van der Waals surface area contributed by atoms with Crippen LogP contribution in [-0.4, -0.2) is 14.8 Å². The van der Waals surface area contributed by atoms with Crippen LogP contribution in [0, 0.1) is 6.92 Å². The van der Waals surface area contributed by atoms with Gasteiger partial charge in [-0.1, -0.05) is 0 Å². The van der Waals surface area contributed by atoms with Gasteiger partial charge in [-0.2, -0.15) is 5.10 Å². The monoisotopic (exact) mass is 162 g/mol. The van der Waals surface area contributed by atoms with Crippen molar-refractivity contribution >= 4 is 16.7 Å². The molecule has 0 bridgehead atoms. The highest BCUT2D eigenvalue weighted by Crippen LogP contribution is 2.19. The first-order chi connectivity index (χ1) is 5.68. The Kier molecular flexibility index (Phi) is 1.30. The van der Waals surface area contributed by atoms with E-state index in [1.54, 1.807) is 10.9 Å². The molecule has 0 aromatic carbocycles. The lowest BCUT2D eigenvalue weighted by Crippen LogP contribution is -1.91. The number of pyridine rings is 1. The zero-order valence-electron chi connectivity index (χ0n) is 7.07. The number of aromatic nitrogens is 3. The summed E-state index contributed by atoms with van der Waals surface area (Å²) in [7, 11) is 1.87. The molecule has 0 amide bonds. The largest absolute Gasteiger partial charge is 0.397 e. The van der Waals surface area contributed by atoms with Crippen molar-refractivity contribution in [3.8, 4) is 0 Å². The average molecular weight is 162 g/mol. The van der Waals surface area contributed by atoms with E-state index in [1.807, 2.05) is 20.2 Å². The van der Waals surface area contributed by atoms with Gasteiger partial charge in [-0.3, -0.25) is 4.68 Å². The van der Waals surface area contributed by atoms with Gasteiger partial charge in [0.1, 0.15) is 0 Å². The lowest BCUT2D eigenvalue weighted by molar-refractivity contribution is 0.776. The summed E-state index contributed by atoms with van der Waals surface area (Å²) in [6, 6.07) is 0. The van der Waals surface area contributed by atoms with E-state index in [4.69, 9.17) is 5.73 Å². The minimum atomic E-state index is 0.718. The van der Waals surface area contributed by atoms with Crippen LogP contribution in [0.25, 0.3) is 11.0 Å². The molecule has 4 heteroatoms. The highest BCUT2D eigenvalue weighted by Gasteiger charge is 2.04. The Bertz CT molecular complexity index is 430. The molecule has 0 radical (unpaired) electrons. The van der Waals surface area contributed by atoms with Crippen molar-refractivity contribution in [2.45, 2.75) is 6.92 Å². The number of nitrogens with zero attached hydrogens (tertiary/aromatic N) is 3. The number of nitrogens with two attached hydrogens (primary N) is 1. The molecule has 0 aliphatic rings. The van der Waals surface area contributed by atoms with Crippen molar-refractivity contribution in [1.82, 2.24) is 14.8 Å². The van der Waals surface area contributed by atoms with E-state index >= 15 is 0 Å². The molecule has 12 heavy (non-hydrogen) atoms. The molecule has 0 aliphatic carbocycles. The van der Waals surface area contributed by atoms with Crippen molar-refractivity contribution in [3.63, 3.8) is 0 Å². The third kappa shape index (κ3) is 0.845. The van der Waals surface area contributed by atoms with E-state index in [9.17, 15) is 0 Å². The summed E-state index contributed by atoms with van der Waals surface area (Å²) in [6.07, 6.45) is 3.57. The summed E-state index contributed by atoms with van der Waals surface area (Å²) in [4.78, 5) is 4.11. The van der Waals surface area contributed by atoms with E-state index < -0.39 is 0 Å². The van der Waals surface area contributed by atoms with Gasteiger partial charge in [0.15, 0.2) is 5.65 Å². The molecule has 0 fully saturated rings. The van der Waals surface area contributed by atoms with Crippen molar-refractivity contribution in [2.75, 3.05) is 5.73 Å². The number of fused-ring (bicyclic) bond motifs is 1. The Morgan fingerprint density at radius 2 is 2.25 bits per heavy atom. The Balaban J connectivity index is 2.89. The quantitative estimate of drug-likeness (QED) is 0.625. The Hall–Kier alpha value is -1.58. The smallest absolute Gasteiger partial charge is 0.181 e. The summed E-state index contributed by atoms with van der Waals surface area (Å²) in [5.41, 5.74) is 8.22. The summed E-state index contributed by atoms with van der Waals surface area (Å²) < 4.78 is 1.74. The minimum absolute atomic E-state index is 0.718. The van der Waals surface area contributed by atoms with Gasteiger partial charge in [0.2, 0.25) is 0 Å². The highest BCUT2D eigenvalue weighted by atomic mass is 15.3. The van der Waals surface area contributed by atoms with Crippen LogP contribution in [0.3, 0.4) is 0 Å². The van der Waals surface area contributed by atoms with E-state index in [2.05, 4.69) is 10.1 Å². The molecule has 2 aromatic heterocycles. The van der Waals surface area contributed by atoms with Gasteiger partial charge < -0.3 is 5.73 Å². The number of hydrogen-bond donors (Lipinski definition) is 1. The summed E-state index contributed by atoms with van der Waals surface area (Å²) in [5, 5.41) is 5.19. The van der Waals surface area contributed by atoms with Crippen LogP contribution >= 0.6 is 0 Å². The van der Waals surface area contributed by atoms with Crippen LogP contribution in [0.2, 0.25) is 0 Å². The van der Waals surface area contributed by atoms with E-state index in [0.29, 0.717) is 0 Å². The zero-order chi connectivity index (χ0) is 8.72. The maximum atomic E-state index is 5.70. The molecule has 0 atom stereocenters. The van der Waals surface area contributed by atoms with Crippen LogP contribution in [0.1, 0.15) is 5.56 Å². The van der Waals surface area contributed by atoms with Crippen molar-refractivity contribution < 1.29 is 0 Å². The maximum absolute atomic E-state index is 5.70. The van der Waals surface area contributed by atoms with Gasteiger partial charge in [-0.25, -0.2) is 4.98 Å².